The summed E-state index contributed by atoms with van der Waals surface area (Å²) >= 11 is 1.58. The molecular formula is C22H21N3OS. The molecule has 1 amide bonds. The monoisotopic (exact) mass is 375 g/mol. The quantitative estimate of drug-likeness (QED) is 0.774. The number of nitriles is 1. The number of carbonyl (C=O) groups excluding carboxylic acids is 1. The van der Waals surface area contributed by atoms with Crippen LogP contribution in [0.3, 0.4) is 0 Å². The summed E-state index contributed by atoms with van der Waals surface area (Å²) in [6, 6.07) is 18.8. The molecule has 4 nitrogen and oxygen atoms in total. The summed E-state index contributed by atoms with van der Waals surface area (Å²) < 4.78 is 0. The molecule has 0 saturated carbocycles. The number of amides is 1. The Morgan fingerprint density at radius 3 is 2.56 bits per heavy atom. The summed E-state index contributed by atoms with van der Waals surface area (Å²) in [5.41, 5.74) is 5.26. The molecule has 0 unspecified atom stereocenters. The van der Waals surface area contributed by atoms with Gasteiger partial charge in [0.25, 0.3) is 0 Å². The SMILES string of the molecule is Cc1ccc([C@@H]2CC(=O)N3CN(c4ccccc4C)CSC3=C2C#N)cc1. The highest BCUT2D eigenvalue weighted by Gasteiger charge is 2.38. The summed E-state index contributed by atoms with van der Waals surface area (Å²) in [6.45, 7) is 4.62. The number of rotatable bonds is 2. The maximum absolute atomic E-state index is 12.9. The lowest BCUT2D eigenvalue weighted by Crippen LogP contribution is -2.47. The maximum atomic E-state index is 12.9. The number of hydrogen-bond acceptors (Lipinski definition) is 4. The Balaban J connectivity index is 1.68. The van der Waals surface area contributed by atoms with E-state index in [9.17, 15) is 10.1 Å². The molecule has 1 saturated heterocycles. The highest BCUT2D eigenvalue weighted by molar-refractivity contribution is 8.03. The van der Waals surface area contributed by atoms with E-state index in [2.05, 4.69) is 30.0 Å². The summed E-state index contributed by atoms with van der Waals surface area (Å²) in [5.74, 6) is 0.669. The Hall–Kier alpha value is -2.71. The Kier molecular flexibility index (Phi) is 4.67. The van der Waals surface area contributed by atoms with E-state index in [0.29, 0.717) is 18.7 Å². The third-order valence-corrected chi connectivity index (χ3v) is 6.38. The molecule has 1 fully saturated rings. The molecule has 136 valence electrons. The van der Waals surface area contributed by atoms with E-state index in [1.54, 1.807) is 16.7 Å². The van der Waals surface area contributed by atoms with Gasteiger partial charge in [-0.15, -0.1) is 0 Å². The lowest BCUT2D eigenvalue weighted by atomic mass is 9.86. The molecular weight excluding hydrogens is 354 g/mol. The molecule has 0 aromatic heterocycles. The zero-order valence-electron chi connectivity index (χ0n) is 15.5. The topological polar surface area (TPSA) is 47.3 Å². The molecule has 0 radical (unpaired) electrons. The van der Waals surface area contributed by atoms with Crippen molar-refractivity contribution in [3.63, 3.8) is 0 Å². The summed E-state index contributed by atoms with van der Waals surface area (Å²) in [6.07, 6.45) is 0.345. The van der Waals surface area contributed by atoms with Gasteiger partial charge in [-0.05, 0) is 31.0 Å². The van der Waals surface area contributed by atoms with Crippen LogP contribution in [-0.4, -0.2) is 23.4 Å². The zero-order chi connectivity index (χ0) is 19.0. The van der Waals surface area contributed by atoms with Gasteiger partial charge in [-0.1, -0.05) is 59.8 Å². The predicted molar refractivity (Wildman–Crippen MR) is 109 cm³/mol. The van der Waals surface area contributed by atoms with E-state index in [1.165, 1.54) is 11.1 Å². The van der Waals surface area contributed by atoms with Crippen LogP contribution in [0.25, 0.3) is 0 Å². The average Bonchev–Trinajstić information content (AvgIpc) is 2.69. The molecule has 0 spiro atoms. The molecule has 0 aliphatic carbocycles. The van der Waals surface area contributed by atoms with E-state index in [4.69, 9.17) is 0 Å². The molecule has 2 aromatic rings. The Morgan fingerprint density at radius 2 is 1.85 bits per heavy atom. The number of para-hydroxylation sites is 1. The number of thioether (sulfide) groups is 1. The van der Waals surface area contributed by atoms with Gasteiger partial charge in [-0.2, -0.15) is 5.26 Å². The number of hydrogen-bond donors (Lipinski definition) is 0. The van der Waals surface area contributed by atoms with Crippen molar-refractivity contribution >= 4 is 23.4 Å². The van der Waals surface area contributed by atoms with Crippen LogP contribution in [0.5, 0.6) is 0 Å². The van der Waals surface area contributed by atoms with E-state index >= 15 is 0 Å². The lowest BCUT2D eigenvalue weighted by Gasteiger charge is -2.42. The van der Waals surface area contributed by atoms with E-state index in [1.807, 2.05) is 43.3 Å². The minimum Gasteiger partial charge on any atom is -0.343 e. The highest BCUT2D eigenvalue weighted by Crippen LogP contribution is 2.43. The molecule has 27 heavy (non-hydrogen) atoms. The first-order valence-electron chi connectivity index (χ1n) is 9.03. The van der Waals surface area contributed by atoms with Crippen LogP contribution in [0.4, 0.5) is 5.69 Å². The van der Waals surface area contributed by atoms with Gasteiger partial charge in [0, 0.05) is 18.0 Å². The molecule has 2 heterocycles. The second kappa shape index (κ2) is 7.13. The summed E-state index contributed by atoms with van der Waals surface area (Å²) in [7, 11) is 0. The fraction of sp³-hybridized carbons (Fsp3) is 0.273. The van der Waals surface area contributed by atoms with Crippen LogP contribution in [0, 0.1) is 25.2 Å². The van der Waals surface area contributed by atoms with Gasteiger partial charge in [-0.3, -0.25) is 9.69 Å². The van der Waals surface area contributed by atoms with Crippen molar-refractivity contribution in [2.24, 2.45) is 0 Å². The van der Waals surface area contributed by atoms with Crippen molar-refractivity contribution in [3.05, 3.63) is 75.8 Å². The van der Waals surface area contributed by atoms with Crippen LogP contribution in [-0.2, 0) is 4.79 Å². The first-order valence-corrected chi connectivity index (χ1v) is 10.0. The molecule has 4 rings (SSSR count). The van der Waals surface area contributed by atoms with Crippen molar-refractivity contribution in [2.75, 3.05) is 17.4 Å². The number of fused-ring (bicyclic) bond motifs is 1. The van der Waals surface area contributed by atoms with Crippen LogP contribution in [0.1, 0.15) is 29.0 Å². The molecule has 0 N–H and O–H groups in total. The van der Waals surface area contributed by atoms with Crippen LogP contribution < -0.4 is 4.90 Å². The summed E-state index contributed by atoms with van der Waals surface area (Å²) in [4.78, 5) is 16.9. The van der Waals surface area contributed by atoms with Gasteiger partial charge >= 0.3 is 0 Å². The second-order valence-electron chi connectivity index (χ2n) is 7.06. The second-order valence-corrected chi connectivity index (χ2v) is 7.99. The van der Waals surface area contributed by atoms with Gasteiger partial charge in [-0.25, -0.2) is 0 Å². The zero-order valence-corrected chi connectivity index (χ0v) is 16.3. The summed E-state index contributed by atoms with van der Waals surface area (Å²) in [5, 5.41) is 10.7. The van der Waals surface area contributed by atoms with Gasteiger partial charge in [0.2, 0.25) is 5.91 Å². The van der Waals surface area contributed by atoms with E-state index in [-0.39, 0.29) is 11.8 Å². The fourth-order valence-electron chi connectivity index (χ4n) is 3.72. The van der Waals surface area contributed by atoms with Gasteiger partial charge in [0.1, 0.15) is 0 Å². The van der Waals surface area contributed by atoms with E-state index in [0.717, 1.165) is 22.2 Å². The van der Waals surface area contributed by atoms with Crippen molar-refractivity contribution in [1.82, 2.24) is 4.90 Å². The molecule has 0 bridgehead atoms. The smallest absolute Gasteiger partial charge is 0.229 e. The number of carbonyl (C=O) groups is 1. The van der Waals surface area contributed by atoms with Crippen molar-refractivity contribution in [1.29, 1.82) is 5.26 Å². The first kappa shape index (κ1) is 17.7. The first-order chi connectivity index (χ1) is 13.1. The standard InChI is InChI=1S/C22H21N3OS/c1-15-7-9-17(10-8-15)18-11-21(26)25-13-24(14-27-22(25)19(18)12-23)20-6-4-3-5-16(20)2/h3-10,18H,11,13-14H2,1-2H3/t18-/m0/s1. The average molecular weight is 375 g/mol. The Morgan fingerprint density at radius 1 is 1.11 bits per heavy atom. The van der Waals surface area contributed by atoms with Gasteiger partial charge in [0.15, 0.2) is 0 Å². The van der Waals surface area contributed by atoms with Crippen molar-refractivity contribution in [2.45, 2.75) is 26.2 Å². The molecule has 5 heteroatoms. The van der Waals surface area contributed by atoms with E-state index < -0.39 is 0 Å². The van der Waals surface area contributed by atoms with Crippen LogP contribution in [0.15, 0.2) is 59.1 Å². The minimum absolute atomic E-state index is 0.0837. The number of anilines is 1. The van der Waals surface area contributed by atoms with Crippen LogP contribution in [0.2, 0.25) is 0 Å². The third kappa shape index (κ3) is 3.22. The van der Waals surface area contributed by atoms with Crippen molar-refractivity contribution in [3.8, 4) is 6.07 Å². The third-order valence-electron chi connectivity index (χ3n) is 5.23. The Labute approximate surface area is 164 Å². The molecule has 2 aliphatic heterocycles. The number of allylic oxidation sites excluding steroid dienone is 1. The maximum Gasteiger partial charge on any atom is 0.229 e. The Bertz CT molecular complexity index is 958. The van der Waals surface area contributed by atoms with Crippen molar-refractivity contribution < 1.29 is 4.79 Å². The molecule has 2 aliphatic rings. The van der Waals surface area contributed by atoms with Gasteiger partial charge in [0.05, 0.1) is 29.2 Å². The normalized spacial score (nSPS) is 19.7. The number of nitrogens with zero attached hydrogens (tertiary/aromatic N) is 3. The lowest BCUT2D eigenvalue weighted by molar-refractivity contribution is -0.129. The molecule has 2 aromatic carbocycles. The fourth-order valence-corrected chi connectivity index (χ4v) is 4.87. The molecule has 1 atom stereocenters. The minimum atomic E-state index is -0.146. The number of benzene rings is 2. The highest BCUT2D eigenvalue weighted by atomic mass is 32.2. The van der Waals surface area contributed by atoms with Gasteiger partial charge < -0.3 is 4.90 Å². The largest absolute Gasteiger partial charge is 0.343 e. The number of aryl methyl sites for hydroxylation is 2. The predicted octanol–water partition coefficient (Wildman–Crippen LogP) is 4.52. The van der Waals surface area contributed by atoms with Crippen LogP contribution >= 0.6 is 11.8 Å².